The average Bonchev–Trinajstić information content (AvgIpc) is 2.67. The van der Waals surface area contributed by atoms with Crippen molar-refractivity contribution in [1.82, 2.24) is 4.90 Å². The van der Waals surface area contributed by atoms with E-state index in [1.165, 1.54) is 0 Å². The standard InChI is InChI=1S/C20H23ClN2O3/c1-26-16-6-7-18(21)19(14-16)23-12-10-22(11-13-23)9-8-15-4-2-3-5-17(15)20(24)25/h2-7,14H,8-13H2,1H3,(H,24,25). The highest BCUT2D eigenvalue weighted by Gasteiger charge is 2.20. The molecule has 0 saturated carbocycles. The fourth-order valence-corrected chi connectivity index (χ4v) is 3.54. The van der Waals surface area contributed by atoms with Crippen molar-refractivity contribution in [3.05, 3.63) is 58.6 Å². The molecule has 5 nitrogen and oxygen atoms in total. The van der Waals surface area contributed by atoms with Gasteiger partial charge in [0.25, 0.3) is 0 Å². The number of hydrogen-bond acceptors (Lipinski definition) is 4. The van der Waals surface area contributed by atoms with E-state index in [1.54, 1.807) is 19.2 Å². The number of benzene rings is 2. The Kier molecular flexibility index (Phi) is 6.01. The van der Waals surface area contributed by atoms with Gasteiger partial charge in [0.1, 0.15) is 5.75 Å². The number of carbonyl (C=O) groups is 1. The number of methoxy groups -OCH3 is 1. The molecule has 1 heterocycles. The molecule has 2 aromatic rings. The summed E-state index contributed by atoms with van der Waals surface area (Å²) in [5, 5.41) is 10.0. The minimum Gasteiger partial charge on any atom is -0.497 e. The Bertz CT molecular complexity index is 773. The first kappa shape index (κ1) is 18.5. The Balaban J connectivity index is 1.57. The van der Waals surface area contributed by atoms with Gasteiger partial charge >= 0.3 is 5.97 Å². The molecule has 26 heavy (non-hydrogen) atoms. The van der Waals surface area contributed by atoms with Crippen molar-refractivity contribution in [2.75, 3.05) is 44.7 Å². The van der Waals surface area contributed by atoms with E-state index in [0.717, 1.165) is 61.2 Å². The summed E-state index contributed by atoms with van der Waals surface area (Å²) in [4.78, 5) is 15.9. The molecule has 0 aliphatic carbocycles. The molecular weight excluding hydrogens is 352 g/mol. The number of halogens is 1. The molecule has 1 aliphatic rings. The Morgan fingerprint density at radius 2 is 1.88 bits per heavy atom. The van der Waals surface area contributed by atoms with Crippen molar-refractivity contribution in [2.45, 2.75) is 6.42 Å². The topological polar surface area (TPSA) is 53.0 Å². The molecule has 0 spiro atoms. The van der Waals surface area contributed by atoms with E-state index in [0.29, 0.717) is 5.56 Å². The second-order valence-corrected chi connectivity index (χ2v) is 6.77. The molecule has 1 fully saturated rings. The number of ether oxygens (including phenoxy) is 1. The number of aromatic carboxylic acids is 1. The average molecular weight is 375 g/mol. The highest BCUT2D eigenvalue weighted by molar-refractivity contribution is 6.33. The highest BCUT2D eigenvalue weighted by atomic mass is 35.5. The Morgan fingerprint density at radius 1 is 1.15 bits per heavy atom. The van der Waals surface area contributed by atoms with Crippen molar-refractivity contribution in [3.63, 3.8) is 0 Å². The molecule has 6 heteroatoms. The quantitative estimate of drug-likeness (QED) is 0.839. The summed E-state index contributed by atoms with van der Waals surface area (Å²) in [6, 6.07) is 12.9. The summed E-state index contributed by atoms with van der Waals surface area (Å²) in [5.74, 6) is -0.0600. The van der Waals surface area contributed by atoms with E-state index in [1.807, 2.05) is 30.3 Å². The maximum Gasteiger partial charge on any atom is 0.335 e. The molecule has 0 atom stereocenters. The number of carboxylic acids is 1. The van der Waals surface area contributed by atoms with E-state index >= 15 is 0 Å². The van der Waals surface area contributed by atoms with Crippen LogP contribution in [0, 0.1) is 0 Å². The van der Waals surface area contributed by atoms with E-state index in [2.05, 4.69) is 9.80 Å². The third kappa shape index (κ3) is 4.29. The molecule has 138 valence electrons. The monoisotopic (exact) mass is 374 g/mol. The molecule has 1 N–H and O–H groups in total. The fourth-order valence-electron chi connectivity index (χ4n) is 3.30. The summed E-state index contributed by atoms with van der Waals surface area (Å²) in [7, 11) is 1.65. The van der Waals surface area contributed by atoms with Crippen molar-refractivity contribution in [2.24, 2.45) is 0 Å². The molecular formula is C20H23ClN2O3. The minimum atomic E-state index is -0.863. The molecule has 0 radical (unpaired) electrons. The molecule has 3 rings (SSSR count). The van der Waals surface area contributed by atoms with Gasteiger partial charge in [0.05, 0.1) is 23.4 Å². The Labute approximate surface area is 158 Å². The van der Waals surface area contributed by atoms with Crippen LogP contribution >= 0.6 is 11.6 Å². The van der Waals surface area contributed by atoms with Gasteiger partial charge in [-0.05, 0) is 30.2 Å². The minimum absolute atomic E-state index is 0.397. The van der Waals surface area contributed by atoms with Crippen molar-refractivity contribution in [3.8, 4) is 5.75 Å². The number of carboxylic acid groups (broad SMARTS) is 1. The third-order valence-electron chi connectivity index (χ3n) is 4.81. The van der Waals surface area contributed by atoms with Crippen LogP contribution in [0.1, 0.15) is 15.9 Å². The summed E-state index contributed by atoms with van der Waals surface area (Å²) in [6.45, 7) is 4.45. The SMILES string of the molecule is COc1ccc(Cl)c(N2CCN(CCc3ccccc3C(=O)O)CC2)c1. The first-order valence-corrected chi connectivity index (χ1v) is 9.08. The van der Waals surface area contributed by atoms with Gasteiger partial charge in [-0.25, -0.2) is 4.79 Å². The van der Waals surface area contributed by atoms with E-state index in [-0.39, 0.29) is 0 Å². The summed E-state index contributed by atoms with van der Waals surface area (Å²) in [5.41, 5.74) is 2.29. The van der Waals surface area contributed by atoms with E-state index < -0.39 is 5.97 Å². The zero-order valence-corrected chi connectivity index (χ0v) is 15.6. The highest BCUT2D eigenvalue weighted by Crippen LogP contribution is 2.30. The smallest absolute Gasteiger partial charge is 0.335 e. The third-order valence-corrected chi connectivity index (χ3v) is 5.13. The van der Waals surface area contributed by atoms with Crippen LogP contribution in [-0.4, -0.2) is 55.8 Å². The van der Waals surface area contributed by atoms with Crippen LogP contribution in [0.3, 0.4) is 0 Å². The van der Waals surface area contributed by atoms with Crippen LogP contribution in [0.25, 0.3) is 0 Å². The molecule has 1 aliphatic heterocycles. The lowest BCUT2D eigenvalue weighted by atomic mass is 10.0. The fraction of sp³-hybridized carbons (Fsp3) is 0.350. The summed E-state index contributed by atoms with van der Waals surface area (Å²) < 4.78 is 5.30. The summed E-state index contributed by atoms with van der Waals surface area (Å²) >= 11 is 6.34. The maximum absolute atomic E-state index is 11.3. The van der Waals surface area contributed by atoms with E-state index in [9.17, 15) is 9.90 Å². The van der Waals surface area contributed by atoms with Crippen LogP contribution in [0.4, 0.5) is 5.69 Å². The lowest BCUT2D eigenvalue weighted by Gasteiger charge is -2.36. The maximum atomic E-state index is 11.3. The normalized spacial score (nSPS) is 15.1. The molecule has 2 aromatic carbocycles. The van der Waals surface area contributed by atoms with Gasteiger partial charge in [0.15, 0.2) is 0 Å². The zero-order chi connectivity index (χ0) is 18.5. The van der Waals surface area contributed by atoms with Gasteiger partial charge in [-0.1, -0.05) is 29.8 Å². The predicted molar refractivity (Wildman–Crippen MR) is 104 cm³/mol. The van der Waals surface area contributed by atoms with Crippen LogP contribution < -0.4 is 9.64 Å². The summed E-state index contributed by atoms with van der Waals surface area (Å²) in [6.07, 6.45) is 0.738. The van der Waals surface area contributed by atoms with Gasteiger partial charge in [0, 0.05) is 38.8 Å². The first-order chi connectivity index (χ1) is 12.6. The van der Waals surface area contributed by atoms with Crippen LogP contribution in [0.5, 0.6) is 5.75 Å². The second kappa shape index (κ2) is 8.43. The lowest BCUT2D eigenvalue weighted by Crippen LogP contribution is -2.47. The second-order valence-electron chi connectivity index (χ2n) is 6.36. The van der Waals surface area contributed by atoms with Crippen molar-refractivity contribution < 1.29 is 14.6 Å². The van der Waals surface area contributed by atoms with Crippen molar-refractivity contribution >= 4 is 23.3 Å². The number of rotatable bonds is 6. The largest absolute Gasteiger partial charge is 0.497 e. The van der Waals surface area contributed by atoms with Crippen LogP contribution in [-0.2, 0) is 6.42 Å². The molecule has 0 bridgehead atoms. The molecule has 1 saturated heterocycles. The van der Waals surface area contributed by atoms with Gasteiger partial charge < -0.3 is 14.7 Å². The first-order valence-electron chi connectivity index (χ1n) is 8.70. The van der Waals surface area contributed by atoms with Crippen LogP contribution in [0.2, 0.25) is 5.02 Å². The predicted octanol–water partition coefficient (Wildman–Crippen LogP) is 3.41. The Morgan fingerprint density at radius 3 is 2.58 bits per heavy atom. The van der Waals surface area contributed by atoms with Crippen LogP contribution in [0.15, 0.2) is 42.5 Å². The molecule has 0 aromatic heterocycles. The van der Waals surface area contributed by atoms with E-state index in [4.69, 9.17) is 16.3 Å². The number of nitrogens with zero attached hydrogens (tertiary/aromatic N) is 2. The van der Waals surface area contributed by atoms with Gasteiger partial charge in [-0.2, -0.15) is 0 Å². The van der Waals surface area contributed by atoms with Gasteiger partial charge in [-0.3, -0.25) is 4.90 Å². The van der Waals surface area contributed by atoms with Gasteiger partial charge in [0.2, 0.25) is 0 Å². The van der Waals surface area contributed by atoms with Gasteiger partial charge in [-0.15, -0.1) is 0 Å². The molecule has 0 amide bonds. The lowest BCUT2D eigenvalue weighted by molar-refractivity contribution is 0.0695. The van der Waals surface area contributed by atoms with Crippen molar-refractivity contribution in [1.29, 1.82) is 0 Å². The number of anilines is 1. The zero-order valence-electron chi connectivity index (χ0n) is 14.8. The Hall–Kier alpha value is -2.24. The molecule has 0 unspecified atom stereocenters. The number of piperazine rings is 1. The number of hydrogen-bond donors (Lipinski definition) is 1.